The molecule has 6 heteroatoms. The van der Waals surface area contributed by atoms with Crippen LogP contribution in [0.25, 0.3) is 0 Å². The molecule has 0 spiro atoms. The van der Waals surface area contributed by atoms with Gasteiger partial charge in [0, 0.05) is 13.2 Å². The number of carbonyl (C=O) groups excluding carboxylic acids is 1. The molecule has 1 saturated heterocycles. The van der Waals surface area contributed by atoms with Gasteiger partial charge >= 0.3 is 0 Å². The summed E-state index contributed by atoms with van der Waals surface area (Å²) in [5.41, 5.74) is 0.606. The highest BCUT2D eigenvalue weighted by molar-refractivity contribution is 5.86. The SMILES string of the molecule is Cl.Cn1nccc1CNC(=O)C1(C)CCCCN1. The van der Waals surface area contributed by atoms with Crippen LogP contribution in [0.4, 0.5) is 0 Å². The zero-order valence-electron chi connectivity index (χ0n) is 10.9. The Morgan fingerprint density at radius 2 is 2.39 bits per heavy atom. The lowest BCUT2D eigenvalue weighted by Gasteiger charge is -2.33. The third-order valence-electron chi connectivity index (χ3n) is 3.47. The maximum atomic E-state index is 12.1. The Morgan fingerprint density at radius 1 is 1.61 bits per heavy atom. The molecule has 1 unspecified atom stereocenters. The van der Waals surface area contributed by atoms with Gasteiger partial charge in [0.05, 0.1) is 17.8 Å². The molecule has 1 amide bonds. The van der Waals surface area contributed by atoms with Crippen molar-refractivity contribution in [3.8, 4) is 0 Å². The van der Waals surface area contributed by atoms with Crippen molar-refractivity contribution in [1.29, 1.82) is 0 Å². The summed E-state index contributed by atoms with van der Waals surface area (Å²) in [5.74, 6) is 0.0819. The fraction of sp³-hybridized carbons (Fsp3) is 0.667. The summed E-state index contributed by atoms with van der Waals surface area (Å²) >= 11 is 0. The first-order chi connectivity index (χ1) is 8.12. The molecule has 1 aromatic rings. The van der Waals surface area contributed by atoms with E-state index in [1.54, 1.807) is 10.9 Å². The third-order valence-corrected chi connectivity index (χ3v) is 3.47. The standard InChI is InChI=1S/C12H20N4O.ClH/c1-12(6-3-4-7-14-12)11(17)13-9-10-5-8-15-16(10)2;/h5,8,14H,3-4,6-7,9H2,1-2H3,(H,13,17);1H. The van der Waals surface area contributed by atoms with Crippen LogP contribution in [0.2, 0.25) is 0 Å². The molecule has 102 valence electrons. The van der Waals surface area contributed by atoms with Crippen LogP contribution in [-0.4, -0.2) is 27.8 Å². The van der Waals surface area contributed by atoms with E-state index in [2.05, 4.69) is 15.7 Å². The van der Waals surface area contributed by atoms with E-state index in [0.29, 0.717) is 6.54 Å². The summed E-state index contributed by atoms with van der Waals surface area (Å²) in [4.78, 5) is 12.1. The minimum atomic E-state index is -0.406. The molecule has 0 radical (unpaired) electrons. The molecule has 1 aliphatic heterocycles. The van der Waals surface area contributed by atoms with Crippen molar-refractivity contribution in [3.05, 3.63) is 18.0 Å². The van der Waals surface area contributed by atoms with Gasteiger partial charge in [0.2, 0.25) is 5.91 Å². The average molecular weight is 273 g/mol. The van der Waals surface area contributed by atoms with Crippen LogP contribution in [0.5, 0.6) is 0 Å². The van der Waals surface area contributed by atoms with Gasteiger partial charge < -0.3 is 10.6 Å². The fourth-order valence-electron chi connectivity index (χ4n) is 2.19. The van der Waals surface area contributed by atoms with Crippen LogP contribution >= 0.6 is 12.4 Å². The predicted molar refractivity (Wildman–Crippen MR) is 72.6 cm³/mol. The number of aromatic nitrogens is 2. The topological polar surface area (TPSA) is 59.0 Å². The maximum Gasteiger partial charge on any atom is 0.240 e. The number of aryl methyl sites for hydroxylation is 1. The average Bonchev–Trinajstić information content (AvgIpc) is 2.73. The molecule has 2 rings (SSSR count). The molecule has 0 aliphatic carbocycles. The molecule has 0 saturated carbocycles. The molecule has 0 aromatic carbocycles. The molecule has 1 aliphatic rings. The zero-order chi connectivity index (χ0) is 12.3. The van der Waals surface area contributed by atoms with E-state index in [0.717, 1.165) is 31.5 Å². The molecule has 1 fully saturated rings. The van der Waals surface area contributed by atoms with E-state index >= 15 is 0 Å². The van der Waals surface area contributed by atoms with Gasteiger partial charge in [-0.1, -0.05) is 0 Å². The highest BCUT2D eigenvalue weighted by Gasteiger charge is 2.33. The largest absolute Gasteiger partial charge is 0.349 e. The number of halogens is 1. The van der Waals surface area contributed by atoms with E-state index in [1.165, 1.54) is 0 Å². The maximum absolute atomic E-state index is 12.1. The van der Waals surface area contributed by atoms with Crippen molar-refractivity contribution in [2.75, 3.05) is 6.54 Å². The molecule has 2 heterocycles. The van der Waals surface area contributed by atoms with Gasteiger partial charge in [0.25, 0.3) is 0 Å². The van der Waals surface area contributed by atoms with Crippen molar-refractivity contribution in [2.24, 2.45) is 7.05 Å². The minimum Gasteiger partial charge on any atom is -0.349 e. The first-order valence-corrected chi connectivity index (χ1v) is 6.12. The fourth-order valence-corrected chi connectivity index (χ4v) is 2.19. The second-order valence-electron chi connectivity index (χ2n) is 4.84. The van der Waals surface area contributed by atoms with Gasteiger partial charge in [-0.15, -0.1) is 12.4 Å². The number of nitrogens with one attached hydrogen (secondary N) is 2. The number of hydrogen-bond acceptors (Lipinski definition) is 3. The second-order valence-corrected chi connectivity index (χ2v) is 4.84. The Labute approximate surface area is 114 Å². The zero-order valence-corrected chi connectivity index (χ0v) is 11.7. The summed E-state index contributed by atoms with van der Waals surface area (Å²) in [5, 5.41) is 10.4. The molecule has 18 heavy (non-hydrogen) atoms. The van der Waals surface area contributed by atoms with E-state index in [-0.39, 0.29) is 18.3 Å². The Kier molecular flexibility index (Phi) is 5.16. The highest BCUT2D eigenvalue weighted by Crippen LogP contribution is 2.18. The Morgan fingerprint density at radius 3 is 2.94 bits per heavy atom. The van der Waals surface area contributed by atoms with Crippen molar-refractivity contribution in [1.82, 2.24) is 20.4 Å². The van der Waals surface area contributed by atoms with Crippen molar-refractivity contribution < 1.29 is 4.79 Å². The van der Waals surface area contributed by atoms with Crippen LogP contribution in [0.1, 0.15) is 31.9 Å². The molecule has 0 bridgehead atoms. The van der Waals surface area contributed by atoms with Crippen LogP contribution in [0, 0.1) is 0 Å². The van der Waals surface area contributed by atoms with E-state index < -0.39 is 5.54 Å². The normalized spacial score (nSPS) is 23.2. The summed E-state index contributed by atoms with van der Waals surface area (Å²) in [6.45, 7) is 3.44. The van der Waals surface area contributed by atoms with Gasteiger partial charge in [0.1, 0.15) is 0 Å². The highest BCUT2D eigenvalue weighted by atomic mass is 35.5. The number of carbonyl (C=O) groups is 1. The Hall–Kier alpha value is -1.07. The second kappa shape index (κ2) is 6.20. The van der Waals surface area contributed by atoms with Crippen molar-refractivity contribution in [2.45, 2.75) is 38.3 Å². The lowest BCUT2D eigenvalue weighted by atomic mass is 9.90. The van der Waals surface area contributed by atoms with Gasteiger partial charge in [0.15, 0.2) is 0 Å². The molecular weight excluding hydrogens is 252 g/mol. The van der Waals surface area contributed by atoms with E-state index in [1.807, 2.05) is 20.0 Å². The predicted octanol–water partition coefficient (Wildman–Crippen LogP) is 0.990. The number of amides is 1. The first-order valence-electron chi connectivity index (χ1n) is 6.12. The lowest BCUT2D eigenvalue weighted by Crippen LogP contribution is -2.56. The van der Waals surface area contributed by atoms with E-state index in [4.69, 9.17) is 0 Å². The third kappa shape index (κ3) is 3.23. The van der Waals surface area contributed by atoms with Gasteiger partial charge in [-0.3, -0.25) is 9.48 Å². The molecule has 1 atom stereocenters. The van der Waals surface area contributed by atoms with Crippen molar-refractivity contribution >= 4 is 18.3 Å². The number of nitrogens with zero attached hydrogens (tertiary/aromatic N) is 2. The number of rotatable bonds is 3. The summed E-state index contributed by atoms with van der Waals surface area (Å²) in [6, 6.07) is 1.91. The summed E-state index contributed by atoms with van der Waals surface area (Å²) < 4.78 is 1.77. The van der Waals surface area contributed by atoms with Crippen molar-refractivity contribution in [3.63, 3.8) is 0 Å². The smallest absolute Gasteiger partial charge is 0.240 e. The lowest BCUT2D eigenvalue weighted by molar-refractivity contribution is -0.128. The quantitative estimate of drug-likeness (QED) is 0.863. The summed E-state index contributed by atoms with van der Waals surface area (Å²) in [7, 11) is 1.88. The van der Waals surface area contributed by atoms with Gasteiger partial charge in [-0.05, 0) is 38.8 Å². The monoisotopic (exact) mass is 272 g/mol. The van der Waals surface area contributed by atoms with Crippen LogP contribution in [0.3, 0.4) is 0 Å². The van der Waals surface area contributed by atoms with Gasteiger partial charge in [-0.2, -0.15) is 5.10 Å². The molecule has 5 nitrogen and oxygen atoms in total. The first kappa shape index (κ1) is 15.0. The molecule has 1 aromatic heterocycles. The Bertz CT molecular complexity index is 399. The number of piperidine rings is 1. The van der Waals surface area contributed by atoms with Gasteiger partial charge in [-0.25, -0.2) is 0 Å². The Balaban J connectivity index is 0.00000162. The summed E-state index contributed by atoms with van der Waals surface area (Å²) in [6.07, 6.45) is 4.92. The minimum absolute atomic E-state index is 0. The van der Waals surface area contributed by atoms with Crippen LogP contribution in [0.15, 0.2) is 12.3 Å². The molecular formula is C12H21ClN4O. The van der Waals surface area contributed by atoms with E-state index in [9.17, 15) is 4.79 Å². The van der Waals surface area contributed by atoms with Crippen LogP contribution in [-0.2, 0) is 18.4 Å². The van der Waals surface area contributed by atoms with Crippen LogP contribution < -0.4 is 10.6 Å². The number of hydrogen-bond donors (Lipinski definition) is 2. The molecule has 2 N–H and O–H groups in total.